The van der Waals surface area contributed by atoms with Gasteiger partial charge in [0, 0.05) is 24.0 Å². The molecular formula is C18H16ClN3O3S. The van der Waals surface area contributed by atoms with Gasteiger partial charge in [-0.3, -0.25) is 4.79 Å². The van der Waals surface area contributed by atoms with Crippen LogP contribution in [-0.4, -0.2) is 30.4 Å². The Hall–Kier alpha value is -2.64. The summed E-state index contributed by atoms with van der Waals surface area (Å²) < 4.78 is 24.5. The first kappa shape index (κ1) is 18.2. The monoisotopic (exact) mass is 389 g/mol. The Kier molecular flexibility index (Phi) is 5.11. The number of sulfone groups is 1. The minimum absolute atomic E-state index is 0.247. The second kappa shape index (κ2) is 7.31. The molecule has 1 amide bonds. The third-order valence-corrected chi connectivity index (χ3v) is 5.12. The predicted octanol–water partition coefficient (Wildman–Crippen LogP) is 2.86. The van der Waals surface area contributed by atoms with Gasteiger partial charge >= 0.3 is 0 Å². The van der Waals surface area contributed by atoms with Gasteiger partial charge in [-0.15, -0.1) is 0 Å². The molecule has 6 nitrogen and oxygen atoms in total. The molecule has 1 heterocycles. The highest BCUT2D eigenvalue weighted by Gasteiger charge is 2.10. The van der Waals surface area contributed by atoms with E-state index in [1.165, 1.54) is 18.3 Å². The molecule has 0 aliphatic rings. The molecule has 0 unspecified atom stereocenters. The van der Waals surface area contributed by atoms with Crippen molar-refractivity contribution >= 4 is 27.3 Å². The van der Waals surface area contributed by atoms with E-state index in [2.05, 4.69) is 10.4 Å². The molecule has 0 saturated heterocycles. The molecule has 26 heavy (non-hydrogen) atoms. The van der Waals surface area contributed by atoms with E-state index in [0.717, 1.165) is 17.5 Å². The average Bonchev–Trinajstić information content (AvgIpc) is 3.10. The maximum Gasteiger partial charge on any atom is 0.254 e. The van der Waals surface area contributed by atoms with E-state index in [-0.39, 0.29) is 17.3 Å². The Morgan fingerprint density at radius 3 is 2.38 bits per heavy atom. The summed E-state index contributed by atoms with van der Waals surface area (Å²) >= 11 is 5.86. The molecule has 0 fully saturated rings. The van der Waals surface area contributed by atoms with Crippen molar-refractivity contribution in [3.8, 4) is 5.69 Å². The number of benzene rings is 2. The second-order valence-corrected chi connectivity index (χ2v) is 8.20. The number of hydrogen-bond acceptors (Lipinski definition) is 4. The van der Waals surface area contributed by atoms with Crippen LogP contribution in [0.2, 0.25) is 5.02 Å². The molecule has 0 atom stereocenters. The van der Waals surface area contributed by atoms with Gasteiger partial charge in [-0.2, -0.15) is 5.10 Å². The van der Waals surface area contributed by atoms with E-state index in [0.29, 0.717) is 10.6 Å². The van der Waals surface area contributed by atoms with E-state index < -0.39 is 9.84 Å². The van der Waals surface area contributed by atoms with Crippen LogP contribution >= 0.6 is 11.6 Å². The molecule has 0 aliphatic carbocycles. The largest absolute Gasteiger partial charge is 0.348 e. The fourth-order valence-electron chi connectivity index (χ4n) is 2.31. The van der Waals surface area contributed by atoms with Crippen LogP contribution in [0.15, 0.2) is 65.8 Å². The number of nitrogens with one attached hydrogen (secondary N) is 1. The number of carbonyl (C=O) groups is 1. The SMILES string of the molecule is CS(=O)(=O)c1ccc(CNC(=O)c2cnn(-c3ccc(Cl)cc3)c2)cc1. The average molecular weight is 390 g/mol. The van der Waals surface area contributed by atoms with Crippen molar-refractivity contribution in [3.63, 3.8) is 0 Å². The van der Waals surface area contributed by atoms with Gasteiger partial charge in [-0.05, 0) is 42.0 Å². The van der Waals surface area contributed by atoms with Crippen LogP contribution in [0.4, 0.5) is 0 Å². The molecule has 134 valence electrons. The van der Waals surface area contributed by atoms with Crippen LogP contribution in [0, 0.1) is 0 Å². The molecule has 1 aromatic heterocycles. The van der Waals surface area contributed by atoms with Crippen LogP contribution in [-0.2, 0) is 16.4 Å². The fourth-order valence-corrected chi connectivity index (χ4v) is 3.07. The Labute approximate surface area is 156 Å². The lowest BCUT2D eigenvalue weighted by Crippen LogP contribution is -2.22. The number of amides is 1. The number of hydrogen-bond donors (Lipinski definition) is 1. The van der Waals surface area contributed by atoms with Gasteiger partial charge < -0.3 is 5.32 Å². The van der Waals surface area contributed by atoms with Gasteiger partial charge in [0.1, 0.15) is 0 Å². The number of halogens is 1. The minimum atomic E-state index is -3.23. The van der Waals surface area contributed by atoms with E-state index in [9.17, 15) is 13.2 Å². The zero-order valence-electron chi connectivity index (χ0n) is 13.9. The molecule has 0 aliphatic heterocycles. The Morgan fingerprint density at radius 2 is 1.77 bits per heavy atom. The van der Waals surface area contributed by atoms with Crippen LogP contribution in [0.3, 0.4) is 0 Å². The molecule has 0 spiro atoms. The van der Waals surface area contributed by atoms with Gasteiger partial charge in [-0.25, -0.2) is 13.1 Å². The topological polar surface area (TPSA) is 81.1 Å². The Morgan fingerprint density at radius 1 is 1.12 bits per heavy atom. The summed E-state index contributed by atoms with van der Waals surface area (Å²) in [4.78, 5) is 12.5. The molecule has 0 saturated carbocycles. The van der Waals surface area contributed by atoms with Crippen molar-refractivity contribution in [3.05, 3.63) is 77.1 Å². The summed E-state index contributed by atoms with van der Waals surface area (Å²) in [5, 5.41) is 7.59. The maximum atomic E-state index is 12.3. The van der Waals surface area contributed by atoms with Crippen molar-refractivity contribution in [1.82, 2.24) is 15.1 Å². The number of nitrogens with zero attached hydrogens (tertiary/aromatic N) is 2. The number of carbonyl (C=O) groups excluding carboxylic acids is 1. The highest BCUT2D eigenvalue weighted by molar-refractivity contribution is 7.90. The zero-order chi connectivity index (χ0) is 18.7. The molecule has 0 radical (unpaired) electrons. The van der Waals surface area contributed by atoms with E-state index >= 15 is 0 Å². The van der Waals surface area contributed by atoms with Crippen molar-refractivity contribution in [2.45, 2.75) is 11.4 Å². The zero-order valence-corrected chi connectivity index (χ0v) is 15.5. The molecule has 3 aromatic rings. The molecule has 8 heteroatoms. The van der Waals surface area contributed by atoms with E-state index in [1.807, 2.05) is 0 Å². The number of aromatic nitrogens is 2. The molecule has 1 N–H and O–H groups in total. The van der Waals surface area contributed by atoms with Crippen molar-refractivity contribution in [2.75, 3.05) is 6.26 Å². The van der Waals surface area contributed by atoms with Crippen LogP contribution in [0.5, 0.6) is 0 Å². The van der Waals surface area contributed by atoms with Crippen molar-refractivity contribution < 1.29 is 13.2 Å². The maximum absolute atomic E-state index is 12.3. The first-order valence-corrected chi connectivity index (χ1v) is 9.98. The summed E-state index contributed by atoms with van der Waals surface area (Å²) in [6.07, 6.45) is 4.27. The smallest absolute Gasteiger partial charge is 0.254 e. The second-order valence-electron chi connectivity index (χ2n) is 5.75. The van der Waals surface area contributed by atoms with Gasteiger partial charge in [0.25, 0.3) is 5.91 Å². The highest BCUT2D eigenvalue weighted by atomic mass is 35.5. The Balaban J connectivity index is 1.64. The predicted molar refractivity (Wildman–Crippen MR) is 99.3 cm³/mol. The summed E-state index contributed by atoms with van der Waals surface area (Å²) in [5.41, 5.74) is 2.02. The lowest BCUT2D eigenvalue weighted by molar-refractivity contribution is 0.0951. The fraction of sp³-hybridized carbons (Fsp3) is 0.111. The molecule has 3 rings (SSSR count). The standard InChI is InChI=1S/C18H16ClN3O3S/c1-26(24,25)17-8-2-13(3-9-17)10-20-18(23)14-11-21-22(12-14)16-6-4-15(19)5-7-16/h2-9,11-12H,10H2,1H3,(H,20,23). The first-order chi connectivity index (χ1) is 12.3. The number of rotatable bonds is 5. The third kappa shape index (κ3) is 4.30. The normalized spacial score (nSPS) is 11.3. The van der Waals surface area contributed by atoms with Gasteiger partial charge in [0.05, 0.1) is 22.3 Å². The van der Waals surface area contributed by atoms with Crippen LogP contribution in [0.1, 0.15) is 15.9 Å². The lowest BCUT2D eigenvalue weighted by Gasteiger charge is -2.05. The van der Waals surface area contributed by atoms with Crippen LogP contribution < -0.4 is 5.32 Å². The van der Waals surface area contributed by atoms with E-state index in [4.69, 9.17) is 11.6 Å². The molecule has 0 bridgehead atoms. The summed E-state index contributed by atoms with van der Waals surface area (Å²) in [6.45, 7) is 0.287. The third-order valence-electron chi connectivity index (χ3n) is 3.74. The Bertz CT molecular complexity index is 1030. The van der Waals surface area contributed by atoms with Gasteiger partial charge in [0.2, 0.25) is 0 Å². The van der Waals surface area contributed by atoms with Crippen molar-refractivity contribution in [1.29, 1.82) is 0 Å². The summed E-state index contributed by atoms with van der Waals surface area (Å²) in [6, 6.07) is 13.5. The lowest BCUT2D eigenvalue weighted by atomic mass is 10.2. The molecule has 2 aromatic carbocycles. The quantitative estimate of drug-likeness (QED) is 0.727. The van der Waals surface area contributed by atoms with E-state index in [1.54, 1.807) is 47.3 Å². The van der Waals surface area contributed by atoms with Crippen molar-refractivity contribution in [2.24, 2.45) is 0 Å². The van der Waals surface area contributed by atoms with Crippen LogP contribution in [0.25, 0.3) is 5.69 Å². The minimum Gasteiger partial charge on any atom is -0.348 e. The highest BCUT2D eigenvalue weighted by Crippen LogP contribution is 2.14. The summed E-state index contributed by atoms with van der Waals surface area (Å²) in [5.74, 6) is -0.266. The summed E-state index contributed by atoms with van der Waals surface area (Å²) in [7, 11) is -3.23. The first-order valence-electron chi connectivity index (χ1n) is 7.71. The van der Waals surface area contributed by atoms with Gasteiger partial charge in [-0.1, -0.05) is 23.7 Å². The van der Waals surface area contributed by atoms with Gasteiger partial charge in [0.15, 0.2) is 9.84 Å². The molecular weight excluding hydrogens is 374 g/mol.